The molecule has 3 rings (SSSR count). The Bertz CT molecular complexity index is 883. The molecule has 120 valence electrons. The number of benzene rings is 2. The van der Waals surface area contributed by atoms with E-state index >= 15 is 0 Å². The highest BCUT2D eigenvalue weighted by Gasteiger charge is 2.08. The van der Waals surface area contributed by atoms with Crippen LogP contribution in [0.1, 0.15) is 22.8 Å². The molecule has 0 aliphatic heterocycles. The number of carbonyl (C=O) groups excluding carboxylic acids is 2. The van der Waals surface area contributed by atoms with Gasteiger partial charge in [-0.3, -0.25) is 14.6 Å². The van der Waals surface area contributed by atoms with Crippen molar-refractivity contribution in [1.29, 1.82) is 0 Å². The third-order valence-electron chi connectivity index (χ3n) is 3.65. The van der Waals surface area contributed by atoms with Gasteiger partial charge >= 0.3 is 0 Å². The van der Waals surface area contributed by atoms with Gasteiger partial charge in [0.2, 0.25) is 5.91 Å². The van der Waals surface area contributed by atoms with Crippen molar-refractivity contribution in [2.45, 2.75) is 13.5 Å². The lowest BCUT2D eigenvalue weighted by Gasteiger charge is -2.09. The second-order valence-electron chi connectivity index (χ2n) is 5.44. The van der Waals surface area contributed by atoms with Crippen LogP contribution in [0.2, 0.25) is 0 Å². The molecule has 0 fully saturated rings. The SMILES string of the molecule is CC(=O)NCc1ccc(C(=O)Nc2cccc3ncccc23)cc1. The number of aromatic nitrogens is 1. The molecule has 2 amide bonds. The Hall–Kier alpha value is -3.21. The first-order valence-corrected chi connectivity index (χ1v) is 7.62. The fraction of sp³-hybridized carbons (Fsp3) is 0.105. The summed E-state index contributed by atoms with van der Waals surface area (Å²) in [6.45, 7) is 1.92. The molecule has 5 nitrogen and oxygen atoms in total. The Morgan fingerprint density at radius 1 is 1.00 bits per heavy atom. The number of anilines is 1. The number of carbonyl (C=O) groups is 2. The molecule has 24 heavy (non-hydrogen) atoms. The number of nitrogens with zero attached hydrogens (tertiary/aromatic N) is 1. The molecule has 2 aromatic carbocycles. The summed E-state index contributed by atoms with van der Waals surface area (Å²) in [5.41, 5.74) is 3.06. The minimum atomic E-state index is -0.183. The molecule has 0 radical (unpaired) electrons. The van der Waals surface area contributed by atoms with Crippen molar-refractivity contribution in [2.75, 3.05) is 5.32 Å². The molecule has 1 aromatic heterocycles. The Morgan fingerprint density at radius 2 is 1.79 bits per heavy atom. The normalized spacial score (nSPS) is 10.4. The summed E-state index contributed by atoms with van der Waals surface area (Å²) in [5, 5.41) is 6.54. The average molecular weight is 319 g/mol. The Morgan fingerprint density at radius 3 is 2.54 bits per heavy atom. The van der Waals surface area contributed by atoms with Gasteiger partial charge in [-0.1, -0.05) is 18.2 Å². The van der Waals surface area contributed by atoms with E-state index in [1.54, 1.807) is 18.3 Å². The predicted octanol–water partition coefficient (Wildman–Crippen LogP) is 3.12. The Balaban J connectivity index is 1.75. The molecule has 0 saturated carbocycles. The quantitative estimate of drug-likeness (QED) is 0.776. The molecule has 3 aromatic rings. The summed E-state index contributed by atoms with van der Waals surface area (Å²) >= 11 is 0. The van der Waals surface area contributed by atoms with Crippen molar-refractivity contribution >= 4 is 28.4 Å². The monoisotopic (exact) mass is 319 g/mol. The first-order valence-electron chi connectivity index (χ1n) is 7.62. The van der Waals surface area contributed by atoms with Crippen LogP contribution >= 0.6 is 0 Å². The number of hydrogen-bond acceptors (Lipinski definition) is 3. The Kier molecular flexibility index (Phi) is 4.52. The van der Waals surface area contributed by atoms with Gasteiger partial charge in [0.25, 0.3) is 5.91 Å². The van der Waals surface area contributed by atoms with E-state index < -0.39 is 0 Å². The molecule has 0 saturated heterocycles. The third-order valence-corrected chi connectivity index (χ3v) is 3.65. The molecule has 0 atom stereocenters. The van der Waals surface area contributed by atoms with E-state index in [1.165, 1.54) is 6.92 Å². The molecule has 5 heteroatoms. The van der Waals surface area contributed by atoms with E-state index in [0.717, 1.165) is 22.2 Å². The van der Waals surface area contributed by atoms with Gasteiger partial charge in [0.15, 0.2) is 0 Å². The summed E-state index contributed by atoms with van der Waals surface area (Å²) in [6.07, 6.45) is 1.72. The van der Waals surface area contributed by atoms with Crippen LogP contribution in [0, 0.1) is 0 Å². The fourth-order valence-electron chi connectivity index (χ4n) is 2.41. The van der Waals surface area contributed by atoms with Gasteiger partial charge in [-0.25, -0.2) is 0 Å². The van der Waals surface area contributed by atoms with Gasteiger partial charge in [-0.05, 0) is 42.0 Å². The standard InChI is InChI=1S/C19H17N3O2/c1-13(23)21-12-14-7-9-15(10-8-14)19(24)22-18-6-2-5-17-16(18)4-3-11-20-17/h2-11H,12H2,1H3,(H,21,23)(H,22,24). The number of fused-ring (bicyclic) bond motifs is 1. The first-order chi connectivity index (χ1) is 11.6. The van der Waals surface area contributed by atoms with E-state index in [1.807, 2.05) is 42.5 Å². The molecular weight excluding hydrogens is 302 g/mol. The summed E-state index contributed by atoms with van der Waals surface area (Å²) in [7, 11) is 0. The lowest BCUT2D eigenvalue weighted by Crippen LogP contribution is -2.19. The largest absolute Gasteiger partial charge is 0.352 e. The maximum absolute atomic E-state index is 12.4. The number of amides is 2. The van der Waals surface area contributed by atoms with Crippen molar-refractivity contribution in [3.63, 3.8) is 0 Å². The topological polar surface area (TPSA) is 71.1 Å². The summed E-state index contributed by atoms with van der Waals surface area (Å²) in [6, 6.07) is 16.5. The minimum absolute atomic E-state index is 0.0821. The van der Waals surface area contributed by atoms with Crippen LogP contribution in [-0.4, -0.2) is 16.8 Å². The van der Waals surface area contributed by atoms with Gasteiger partial charge in [0, 0.05) is 30.6 Å². The highest BCUT2D eigenvalue weighted by molar-refractivity contribution is 6.08. The van der Waals surface area contributed by atoms with Gasteiger partial charge in [0.05, 0.1) is 11.2 Å². The van der Waals surface area contributed by atoms with E-state index in [0.29, 0.717) is 12.1 Å². The van der Waals surface area contributed by atoms with Gasteiger partial charge in [-0.2, -0.15) is 0 Å². The van der Waals surface area contributed by atoms with Crippen molar-refractivity contribution in [1.82, 2.24) is 10.3 Å². The van der Waals surface area contributed by atoms with Crippen LogP contribution in [0.15, 0.2) is 60.8 Å². The lowest BCUT2D eigenvalue weighted by molar-refractivity contribution is -0.119. The second kappa shape index (κ2) is 6.91. The van der Waals surface area contributed by atoms with Gasteiger partial charge in [0.1, 0.15) is 0 Å². The van der Waals surface area contributed by atoms with Crippen LogP contribution in [0.4, 0.5) is 5.69 Å². The van der Waals surface area contributed by atoms with Crippen molar-refractivity contribution in [3.05, 3.63) is 71.9 Å². The van der Waals surface area contributed by atoms with E-state index in [2.05, 4.69) is 15.6 Å². The fourth-order valence-corrected chi connectivity index (χ4v) is 2.41. The molecule has 0 unspecified atom stereocenters. The van der Waals surface area contributed by atoms with Crippen LogP contribution in [-0.2, 0) is 11.3 Å². The summed E-state index contributed by atoms with van der Waals surface area (Å²) in [4.78, 5) is 27.6. The zero-order valence-electron chi connectivity index (χ0n) is 13.2. The second-order valence-corrected chi connectivity index (χ2v) is 5.44. The van der Waals surface area contributed by atoms with Crippen molar-refractivity contribution in [2.24, 2.45) is 0 Å². The molecule has 0 bridgehead atoms. The molecular formula is C19H17N3O2. The van der Waals surface area contributed by atoms with Crippen molar-refractivity contribution in [3.8, 4) is 0 Å². The molecule has 2 N–H and O–H groups in total. The number of hydrogen-bond donors (Lipinski definition) is 2. The van der Waals surface area contributed by atoms with Crippen LogP contribution < -0.4 is 10.6 Å². The minimum Gasteiger partial charge on any atom is -0.352 e. The molecule has 0 aliphatic carbocycles. The van der Waals surface area contributed by atoms with Crippen molar-refractivity contribution < 1.29 is 9.59 Å². The average Bonchev–Trinajstić information content (AvgIpc) is 2.60. The highest BCUT2D eigenvalue weighted by Crippen LogP contribution is 2.22. The van der Waals surface area contributed by atoms with E-state index in [-0.39, 0.29) is 11.8 Å². The van der Waals surface area contributed by atoms with Gasteiger partial charge in [-0.15, -0.1) is 0 Å². The van der Waals surface area contributed by atoms with Crippen LogP contribution in [0.25, 0.3) is 10.9 Å². The number of pyridine rings is 1. The zero-order chi connectivity index (χ0) is 16.9. The van der Waals surface area contributed by atoms with E-state index in [4.69, 9.17) is 0 Å². The highest BCUT2D eigenvalue weighted by atomic mass is 16.2. The Labute approximate surface area is 139 Å². The number of rotatable bonds is 4. The van der Waals surface area contributed by atoms with E-state index in [9.17, 15) is 9.59 Å². The maximum Gasteiger partial charge on any atom is 0.255 e. The summed E-state index contributed by atoms with van der Waals surface area (Å²) < 4.78 is 0. The number of nitrogens with one attached hydrogen (secondary N) is 2. The summed E-state index contributed by atoms with van der Waals surface area (Å²) in [5.74, 6) is -0.265. The van der Waals surface area contributed by atoms with Gasteiger partial charge < -0.3 is 10.6 Å². The first kappa shape index (κ1) is 15.7. The smallest absolute Gasteiger partial charge is 0.255 e. The lowest BCUT2D eigenvalue weighted by atomic mass is 10.1. The molecule has 0 aliphatic rings. The van der Waals surface area contributed by atoms with Crippen LogP contribution in [0.3, 0.4) is 0 Å². The molecule has 1 heterocycles. The third kappa shape index (κ3) is 3.57. The van der Waals surface area contributed by atoms with Crippen LogP contribution in [0.5, 0.6) is 0 Å². The zero-order valence-corrected chi connectivity index (χ0v) is 13.2. The predicted molar refractivity (Wildman–Crippen MR) is 93.7 cm³/mol. The maximum atomic E-state index is 12.4. The molecule has 0 spiro atoms.